The predicted molar refractivity (Wildman–Crippen MR) is 56.1 cm³/mol. The largest absolute Gasteiger partial charge is 0.486 e. The predicted octanol–water partition coefficient (Wildman–Crippen LogP) is 2.24. The zero-order chi connectivity index (χ0) is 14.8. The molecule has 0 bridgehead atoms. The molecule has 0 aliphatic rings. The van der Waals surface area contributed by atoms with Crippen molar-refractivity contribution < 1.29 is 35.5 Å². The molecule has 0 atom stereocenters. The Kier molecular flexibility index (Phi) is 4.37. The number of hydrogen-bond acceptors (Lipinski definition) is 1. The van der Waals surface area contributed by atoms with Gasteiger partial charge in [-0.3, -0.25) is 0 Å². The van der Waals surface area contributed by atoms with Crippen LogP contribution in [0.15, 0.2) is 18.2 Å². The Hall–Kier alpha value is -1.41. The fourth-order valence-corrected chi connectivity index (χ4v) is 1.22. The highest BCUT2D eigenvalue weighted by molar-refractivity contribution is 6.32. The van der Waals surface area contributed by atoms with Crippen molar-refractivity contribution >= 4 is 13.3 Å². The van der Waals surface area contributed by atoms with E-state index < -0.39 is 36.4 Å². The first-order chi connectivity index (χ1) is 8.54. The van der Waals surface area contributed by atoms with Gasteiger partial charge in [0.2, 0.25) is 0 Å². The first-order valence-electron chi connectivity index (χ1n) is 5.00. The topological polar surface area (TPSA) is 9.23 Å². The van der Waals surface area contributed by atoms with Crippen LogP contribution in [0.2, 0.25) is 0 Å². The molecule has 0 spiro atoms. The van der Waals surface area contributed by atoms with Gasteiger partial charge in [-0.05, 0) is 12.1 Å². The van der Waals surface area contributed by atoms with Crippen LogP contribution >= 0.6 is 0 Å². The minimum Gasteiger partial charge on any atom is -0.486 e. The van der Waals surface area contributed by atoms with E-state index in [1.165, 1.54) is 7.85 Å². The van der Waals surface area contributed by atoms with Gasteiger partial charge in [0.05, 0.1) is 5.56 Å². The Morgan fingerprint density at radius 2 is 1.68 bits per heavy atom. The highest BCUT2D eigenvalue weighted by Crippen LogP contribution is 2.36. The molecule has 0 fully saturated rings. The van der Waals surface area contributed by atoms with Crippen LogP contribution in [-0.2, 0) is 6.18 Å². The quantitative estimate of drug-likeness (QED) is 0.610. The molecule has 1 nitrogen and oxygen atoms in total. The molecule has 1 aromatic rings. The molecular weight excluding hydrogens is 280 g/mol. The van der Waals surface area contributed by atoms with Crippen molar-refractivity contribution in [3.05, 3.63) is 23.8 Å². The van der Waals surface area contributed by atoms with Crippen LogP contribution < -0.4 is 10.2 Å². The van der Waals surface area contributed by atoms with Crippen LogP contribution in [0.25, 0.3) is 0 Å². The number of benzene rings is 1. The van der Waals surface area contributed by atoms with E-state index in [0.29, 0.717) is 11.5 Å². The van der Waals surface area contributed by atoms with Crippen LogP contribution in [0.3, 0.4) is 0 Å². The van der Waals surface area contributed by atoms with Crippen molar-refractivity contribution in [1.82, 2.24) is 0 Å². The van der Waals surface area contributed by atoms with Crippen molar-refractivity contribution in [3.63, 3.8) is 0 Å². The molecule has 0 aliphatic carbocycles. The highest BCUT2D eigenvalue weighted by Gasteiger charge is 2.42. The standard InChI is InChI=1S/C10H8BF7O/c11-5-1-2-6(10(16,17)18)7(3-5)19-4-9(14,15)8(12)13/h1-3,8H,4,11H2. The second kappa shape index (κ2) is 5.30. The minimum atomic E-state index is -4.82. The van der Waals surface area contributed by atoms with Crippen LogP contribution in [0.1, 0.15) is 5.56 Å². The molecule has 0 N–H and O–H groups in total. The van der Waals surface area contributed by atoms with Gasteiger partial charge in [-0.1, -0.05) is 11.5 Å². The fourth-order valence-electron chi connectivity index (χ4n) is 1.22. The number of ether oxygens (including phenoxy) is 1. The number of rotatable bonds is 4. The van der Waals surface area contributed by atoms with Gasteiger partial charge in [-0.15, -0.1) is 0 Å². The van der Waals surface area contributed by atoms with E-state index in [2.05, 4.69) is 4.74 Å². The van der Waals surface area contributed by atoms with Crippen molar-refractivity contribution in [2.45, 2.75) is 18.5 Å². The maximum atomic E-state index is 12.6. The summed E-state index contributed by atoms with van der Waals surface area (Å²) in [5.41, 5.74) is -0.966. The Morgan fingerprint density at radius 1 is 1.11 bits per heavy atom. The molecule has 1 rings (SSSR count). The molecule has 0 radical (unpaired) electrons. The molecule has 9 heteroatoms. The molecular formula is C10H8BF7O. The average Bonchev–Trinajstić information content (AvgIpc) is 2.24. The molecule has 0 heterocycles. The van der Waals surface area contributed by atoms with E-state index in [0.717, 1.165) is 12.1 Å². The van der Waals surface area contributed by atoms with Crippen LogP contribution in [-0.4, -0.2) is 26.8 Å². The second-order valence-electron chi connectivity index (χ2n) is 3.85. The molecule has 19 heavy (non-hydrogen) atoms. The van der Waals surface area contributed by atoms with Gasteiger partial charge in [-0.2, -0.15) is 22.0 Å². The lowest BCUT2D eigenvalue weighted by Gasteiger charge is -2.19. The fraction of sp³-hybridized carbons (Fsp3) is 0.400. The smallest absolute Gasteiger partial charge is 0.419 e. The summed E-state index contributed by atoms with van der Waals surface area (Å²) in [4.78, 5) is 0. The normalized spacial score (nSPS) is 12.8. The monoisotopic (exact) mass is 288 g/mol. The van der Waals surface area contributed by atoms with E-state index in [-0.39, 0.29) is 0 Å². The van der Waals surface area contributed by atoms with Crippen LogP contribution in [0.4, 0.5) is 30.7 Å². The summed E-state index contributed by atoms with van der Waals surface area (Å²) in [7, 11) is 1.41. The summed E-state index contributed by atoms with van der Waals surface area (Å²) in [6.45, 7) is -1.82. The lowest BCUT2D eigenvalue weighted by atomic mass is 9.94. The third-order valence-corrected chi connectivity index (χ3v) is 2.18. The Balaban J connectivity index is 2.98. The zero-order valence-corrected chi connectivity index (χ0v) is 9.57. The maximum Gasteiger partial charge on any atom is 0.419 e. The molecule has 106 valence electrons. The van der Waals surface area contributed by atoms with Gasteiger partial charge in [0, 0.05) is 0 Å². The van der Waals surface area contributed by atoms with E-state index in [1.54, 1.807) is 0 Å². The molecule has 0 saturated heterocycles. The number of hydrogen-bond donors (Lipinski definition) is 0. The SMILES string of the molecule is Bc1ccc(C(F)(F)F)c(OCC(F)(F)C(F)F)c1. The van der Waals surface area contributed by atoms with E-state index in [1.807, 2.05) is 0 Å². The van der Waals surface area contributed by atoms with Crippen molar-refractivity contribution in [3.8, 4) is 5.75 Å². The van der Waals surface area contributed by atoms with E-state index >= 15 is 0 Å². The van der Waals surface area contributed by atoms with E-state index in [9.17, 15) is 30.7 Å². The van der Waals surface area contributed by atoms with Gasteiger partial charge in [0.25, 0.3) is 0 Å². The molecule has 0 saturated carbocycles. The zero-order valence-electron chi connectivity index (χ0n) is 9.57. The van der Waals surface area contributed by atoms with E-state index in [4.69, 9.17) is 0 Å². The second-order valence-corrected chi connectivity index (χ2v) is 3.85. The summed E-state index contributed by atoms with van der Waals surface area (Å²) >= 11 is 0. The summed E-state index contributed by atoms with van der Waals surface area (Å²) in [5, 5.41) is 0. The summed E-state index contributed by atoms with van der Waals surface area (Å²) in [6.07, 6.45) is -8.82. The molecule has 0 aliphatic heterocycles. The minimum absolute atomic E-state index is 0.323. The van der Waals surface area contributed by atoms with Gasteiger partial charge in [0.15, 0.2) is 6.61 Å². The number of alkyl halides is 7. The molecule has 0 unspecified atom stereocenters. The summed E-state index contributed by atoms with van der Waals surface area (Å²) in [6, 6.07) is 2.62. The summed E-state index contributed by atoms with van der Waals surface area (Å²) in [5.74, 6) is -5.40. The Bertz CT molecular complexity index is 444. The Morgan fingerprint density at radius 3 is 2.16 bits per heavy atom. The summed E-state index contributed by atoms with van der Waals surface area (Å²) < 4.78 is 90.8. The molecule has 1 aromatic carbocycles. The molecule has 0 aromatic heterocycles. The van der Waals surface area contributed by atoms with Crippen molar-refractivity contribution in [2.75, 3.05) is 6.61 Å². The van der Waals surface area contributed by atoms with Gasteiger partial charge in [-0.25, -0.2) is 8.78 Å². The Labute approximate surface area is 104 Å². The lowest BCUT2D eigenvalue weighted by molar-refractivity contribution is -0.153. The van der Waals surface area contributed by atoms with Crippen molar-refractivity contribution in [2.24, 2.45) is 0 Å². The average molecular weight is 288 g/mol. The molecule has 0 amide bonds. The van der Waals surface area contributed by atoms with Gasteiger partial charge in [0.1, 0.15) is 13.6 Å². The van der Waals surface area contributed by atoms with Crippen molar-refractivity contribution in [1.29, 1.82) is 0 Å². The first-order valence-corrected chi connectivity index (χ1v) is 5.00. The third-order valence-electron chi connectivity index (χ3n) is 2.18. The first kappa shape index (κ1) is 15.7. The van der Waals surface area contributed by atoms with Gasteiger partial charge >= 0.3 is 18.5 Å². The van der Waals surface area contributed by atoms with Crippen LogP contribution in [0.5, 0.6) is 5.75 Å². The number of halogens is 7. The van der Waals surface area contributed by atoms with Gasteiger partial charge < -0.3 is 4.74 Å². The highest BCUT2D eigenvalue weighted by atomic mass is 19.4. The lowest BCUT2D eigenvalue weighted by Crippen LogP contribution is -2.34. The van der Waals surface area contributed by atoms with Crippen LogP contribution in [0, 0.1) is 0 Å². The third kappa shape index (κ3) is 4.04. The maximum absolute atomic E-state index is 12.6.